The van der Waals surface area contributed by atoms with Crippen LogP contribution in [0.2, 0.25) is 0 Å². The summed E-state index contributed by atoms with van der Waals surface area (Å²) < 4.78 is 1.56. The van der Waals surface area contributed by atoms with Crippen LogP contribution < -0.4 is 9.80 Å². The maximum Gasteiger partial charge on any atom is 0.253 e. The van der Waals surface area contributed by atoms with E-state index in [9.17, 15) is 4.79 Å². The summed E-state index contributed by atoms with van der Waals surface area (Å²) in [6.45, 7) is 2.75. The summed E-state index contributed by atoms with van der Waals surface area (Å²) in [6.07, 6.45) is 3.04. The van der Waals surface area contributed by atoms with Crippen LogP contribution in [0.25, 0.3) is 5.82 Å². The molecule has 2 aromatic heterocycles. The van der Waals surface area contributed by atoms with Crippen LogP contribution in [0.15, 0.2) is 49.1 Å². The molecule has 0 N–H and O–H groups in total. The average molecular weight is 378 g/mol. The number of amides is 1. The van der Waals surface area contributed by atoms with Gasteiger partial charge in [0.05, 0.1) is 0 Å². The lowest BCUT2D eigenvalue weighted by molar-refractivity contribution is 0.0746. The second-order valence-electron chi connectivity index (χ2n) is 6.81. The van der Waals surface area contributed by atoms with Crippen molar-refractivity contribution in [2.45, 2.75) is 0 Å². The van der Waals surface area contributed by atoms with Gasteiger partial charge in [0, 0.05) is 51.5 Å². The first-order chi connectivity index (χ1) is 13.6. The number of nitrogens with zero attached hydrogens (tertiary/aromatic N) is 8. The Balaban J connectivity index is 1.37. The molecule has 0 saturated carbocycles. The molecule has 1 aliphatic heterocycles. The van der Waals surface area contributed by atoms with Crippen molar-refractivity contribution in [2.75, 3.05) is 50.1 Å². The standard InChI is InChI=1S/C19H22N8O/c1-24(2)16-5-3-15(4-6-16)19(28)26-11-9-25(10-12-26)17-7-8-18(23-22-17)27-14-20-13-21-27/h3-8,13-14H,9-12H2,1-2H3. The third kappa shape index (κ3) is 3.64. The van der Waals surface area contributed by atoms with Gasteiger partial charge in [-0.25, -0.2) is 9.67 Å². The third-order valence-electron chi connectivity index (χ3n) is 4.81. The molecule has 9 heteroatoms. The van der Waals surface area contributed by atoms with Crippen molar-refractivity contribution in [1.29, 1.82) is 0 Å². The molecule has 0 aliphatic carbocycles. The Morgan fingerprint density at radius 1 is 0.929 bits per heavy atom. The van der Waals surface area contributed by atoms with Gasteiger partial charge < -0.3 is 14.7 Å². The molecule has 1 fully saturated rings. The van der Waals surface area contributed by atoms with E-state index in [-0.39, 0.29) is 5.91 Å². The maximum atomic E-state index is 12.8. The molecule has 1 amide bonds. The normalized spacial score (nSPS) is 14.2. The quantitative estimate of drug-likeness (QED) is 0.672. The molecule has 0 unspecified atom stereocenters. The summed E-state index contributed by atoms with van der Waals surface area (Å²) in [6, 6.07) is 11.5. The van der Waals surface area contributed by atoms with Crippen molar-refractivity contribution in [1.82, 2.24) is 29.9 Å². The van der Waals surface area contributed by atoms with Gasteiger partial charge in [0.15, 0.2) is 11.6 Å². The molecule has 1 saturated heterocycles. The highest BCUT2D eigenvalue weighted by atomic mass is 16.2. The molecule has 3 heterocycles. The highest BCUT2D eigenvalue weighted by molar-refractivity contribution is 5.94. The SMILES string of the molecule is CN(C)c1ccc(C(=O)N2CCN(c3ccc(-n4cncn4)nn3)CC2)cc1. The van der Waals surface area contributed by atoms with Gasteiger partial charge in [0.1, 0.15) is 12.7 Å². The van der Waals surface area contributed by atoms with Crippen LogP contribution in [0, 0.1) is 0 Å². The van der Waals surface area contributed by atoms with E-state index in [1.807, 2.05) is 60.3 Å². The van der Waals surface area contributed by atoms with Crippen molar-refractivity contribution in [3.8, 4) is 5.82 Å². The Bertz CT molecular complexity index is 914. The van der Waals surface area contributed by atoms with Crippen molar-refractivity contribution >= 4 is 17.4 Å². The van der Waals surface area contributed by atoms with Crippen molar-refractivity contribution in [3.05, 3.63) is 54.6 Å². The second-order valence-corrected chi connectivity index (χ2v) is 6.81. The average Bonchev–Trinajstić information content (AvgIpc) is 3.28. The molecule has 4 rings (SSSR count). The van der Waals surface area contributed by atoms with Crippen LogP contribution in [-0.2, 0) is 0 Å². The van der Waals surface area contributed by atoms with Crippen LogP contribution in [0.5, 0.6) is 0 Å². The second kappa shape index (κ2) is 7.63. The number of hydrogen-bond donors (Lipinski definition) is 0. The van der Waals surface area contributed by atoms with E-state index in [0.29, 0.717) is 18.9 Å². The van der Waals surface area contributed by atoms with E-state index >= 15 is 0 Å². The summed E-state index contributed by atoms with van der Waals surface area (Å²) in [5.74, 6) is 1.49. The lowest BCUT2D eigenvalue weighted by Gasteiger charge is -2.35. The third-order valence-corrected chi connectivity index (χ3v) is 4.81. The minimum Gasteiger partial charge on any atom is -0.378 e. The fraction of sp³-hybridized carbons (Fsp3) is 0.316. The number of hydrogen-bond acceptors (Lipinski definition) is 7. The van der Waals surface area contributed by atoms with Gasteiger partial charge >= 0.3 is 0 Å². The van der Waals surface area contributed by atoms with E-state index in [4.69, 9.17) is 0 Å². The minimum atomic E-state index is 0.0672. The number of anilines is 2. The van der Waals surface area contributed by atoms with Gasteiger partial charge in [-0.3, -0.25) is 4.79 Å². The molecular formula is C19H22N8O. The first kappa shape index (κ1) is 17.9. The Morgan fingerprint density at radius 3 is 2.18 bits per heavy atom. The number of rotatable bonds is 4. The molecule has 1 aromatic carbocycles. The van der Waals surface area contributed by atoms with E-state index in [1.54, 1.807) is 11.0 Å². The molecule has 1 aliphatic rings. The predicted octanol–water partition coefficient (Wildman–Crippen LogP) is 1.09. The molecule has 0 spiro atoms. The largest absolute Gasteiger partial charge is 0.378 e. The molecule has 0 radical (unpaired) electrons. The Hall–Kier alpha value is -3.49. The van der Waals surface area contributed by atoms with Crippen LogP contribution in [0.3, 0.4) is 0 Å². The minimum absolute atomic E-state index is 0.0672. The first-order valence-electron chi connectivity index (χ1n) is 9.12. The van der Waals surface area contributed by atoms with Gasteiger partial charge in [-0.15, -0.1) is 10.2 Å². The van der Waals surface area contributed by atoms with Gasteiger partial charge in [-0.2, -0.15) is 5.10 Å². The van der Waals surface area contributed by atoms with Crippen LogP contribution in [0.4, 0.5) is 11.5 Å². The van der Waals surface area contributed by atoms with Gasteiger partial charge in [-0.1, -0.05) is 0 Å². The van der Waals surface area contributed by atoms with E-state index in [2.05, 4.69) is 25.2 Å². The lowest BCUT2D eigenvalue weighted by atomic mass is 10.1. The maximum absolute atomic E-state index is 12.8. The zero-order valence-electron chi connectivity index (χ0n) is 15.9. The Labute approximate surface area is 163 Å². The molecule has 144 valence electrons. The molecule has 9 nitrogen and oxygen atoms in total. The van der Waals surface area contributed by atoms with Gasteiger partial charge in [0.25, 0.3) is 5.91 Å². The molecule has 0 atom stereocenters. The van der Waals surface area contributed by atoms with Crippen LogP contribution in [0.1, 0.15) is 10.4 Å². The van der Waals surface area contributed by atoms with E-state index in [0.717, 1.165) is 30.2 Å². The fourth-order valence-corrected chi connectivity index (χ4v) is 3.16. The molecule has 0 bridgehead atoms. The lowest BCUT2D eigenvalue weighted by Crippen LogP contribution is -2.49. The highest BCUT2D eigenvalue weighted by Gasteiger charge is 2.23. The zero-order valence-corrected chi connectivity index (χ0v) is 15.9. The summed E-state index contributed by atoms with van der Waals surface area (Å²) >= 11 is 0. The van der Waals surface area contributed by atoms with Crippen molar-refractivity contribution in [2.24, 2.45) is 0 Å². The number of carbonyl (C=O) groups excluding carboxylic acids is 1. The summed E-state index contributed by atoms with van der Waals surface area (Å²) in [5, 5.41) is 12.5. The van der Waals surface area contributed by atoms with Crippen LogP contribution in [-0.4, -0.2) is 76.0 Å². The number of aromatic nitrogens is 5. The molecular weight excluding hydrogens is 356 g/mol. The zero-order chi connectivity index (χ0) is 19.5. The molecule has 3 aromatic rings. The number of carbonyl (C=O) groups is 1. The molecule has 28 heavy (non-hydrogen) atoms. The summed E-state index contributed by atoms with van der Waals surface area (Å²) in [4.78, 5) is 22.7. The van der Waals surface area contributed by atoms with Crippen LogP contribution >= 0.6 is 0 Å². The number of benzene rings is 1. The monoisotopic (exact) mass is 378 g/mol. The smallest absolute Gasteiger partial charge is 0.253 e. The summed E-state index contributed by atoms with van der Waals surface area (Å²) in [5.41, 5.74) is 1.80. The van der Waals surface area contributed by atoms with Crippen molar-refractivity contribution in [3.63, 3.8) is 0 Å². The summed E-state index contributed by atoms with van der Waals surface area (Å²) in [7, 11) is 3.97. The van der Waals surface area contributed by atoms with E-state index in [1.165, 1.54) is 6.33 Å². The number of piperazine rings is 1. The van der Waals surface area contributed by atoms with E-state index < -0.39 is 0 Å². The highest BCUT2D eigenvalue weighted by Crippen LogP contribution is 2.17. The Kier molecular flexibility index (Phi) is 4.88. The van der Waals surface area contributed by atoms with Gasteiger partial charge in [0.2, 0.25) is 0 Å². The fourth-order valence-electron chi connectivity index (χ4n) is 3.16. The van der Waals surface area contributed by atoms with Gasteiger partial charge in [-0.05, 0) is 36.4 Å². The predicted molar refractivity (Wildman–Crippen MR) is 106 cm³/mol. The topological polar surface area (TPSA) is 83.3 Å². The first-order valence-corrected chi connectivity index (χ1v) is 9.12. The van der Waals surface area contributed by atoms with Crippen molar-refractivity contribution < 1.29 is 4.79 Å². The Morgan fingerprint density at radius 2 is 1.61 bits per heavy atom.